The molecule has 1 N–H and O–H groups in total. The van der Waals surface area contributed by atoms with Gasteiger partial charge in [-0.1, -0.05) is 47.0 Å². The van der Waals surface area contributed by atoms with Crippen LogP contribution < -0.4 is 5.32 Å². The van der Waals surface area contributed by atoms with Crippen LogP contribution in [-0.4, -0.2) is 34.8 Å². The van der Waals surface area contributed by atoms with Crippen molar-refractivity contribution in [2.75, 3.05) is 6.54 Å². The Balaban J connectivity index is 2.83. The zero-order valence-electron chi connectivity index (χ0n) is 13.5. The van der Waals surface area contributed by atoms with Crippen molar-refractivity contribution < 1.29 is 9.59 Å². The van der Waals surface area contributed by atoms with Crippen molar-refractivity contribution in [3.05, 3.63) is 0 Å². The van der Waals surface area contributed by atoms with Crippen molar-refractivity contribution >= 4 is 11.8 Å². The van der Waals surface area contributed by atoms with Crippen molar-refractivity contribution in [2.45, 2.75) is 84.2 Å². The smallest absolute Gasteiger partial charge is 0.248 e. The predicted octanol–water partition coefficient (Wildman–Crippen LogP) is 2.86. The third kappa shape index (κ3) is 3.33. The van der Waals surface area contributed by atoms with Gasteiger partial charge >= 0.3 is 0 Å². The molecule has 20 heavy (non-hydrogen) atoms. The van der Waals surface area contributed by atoms with Gasteiger partial charge < -0.3 is 10.2 Å². The molecular formula is C16H30N2O2. The van der Waals surface area contributed by atoms with Gasteiger partial charge in [-0.25, -0.2) is 0 Å². The topological polar surface area (TPSA) is 49.4 Å². The monoisotopic (exact) mass is 282 g/mol. The minimum atomic E-state index is -0.673. The molecule has 1 rings (SSSR count). The first kappa shape index (κ1) is 17.0. The van der Waals surface area contributed by atoms with Gasteiger partial charge in [0.25, 0.3) is 0 Å². The highest BCUT2D eigenvalue weighted by Gasteiger charge is 2.47. The second kappa shape index (κ2) is 7.65. The number of nitrogens with zero attached hydrogens (tertiary/aromatic N) is 1. The van der Waals surface area contributed by atoms with Crippen molar-refractivity contribution in [1.29, 1.82) is 0 Å². The van der Waals surface area contributed by atoms with Crippen LogP contribution in [0.3, 0.4) is 0 Å². The summed E-state index contributed by atoms with van der Waals surface area (Å²) < 4.78 is 0. The molecule has 0 radical (unpaired) electrons. The average Bonchev–Trinajstić information content (AvgIpc) is 2.46. The van der Waals surface area contributed by atoms with Gasteiger partial charge in [-0.15, -0.1) is 0 Å². The Hall–Kier alpha value is -1.06. The molecule has 116 valence electrons. The first-order chi connectivity index (χ1) is 9.56. The van der Waals surface area contributed by atoms with Crippen LogP contribution in [0.15, 0.2) is 0 Å². The van der Waals surface area contributed by atoms with Gasteiger partial charge in [0, 0.05) is 6.54 Å². The first-order valence-electron chi connectivity index (χ1n) is 8.19. The number of rotatable bonds is 8. The summed E-state index contributed by atoms with van der Waals surface area (Å²) in [5.41, 5.74) is -0.673. The van der Waals surface area contributed by atoms with E-state index in [1.54, 1.807) is 0 Å². The Morgan fingerprint density at radius 1 is 1.05 bits per heavy atom. The minimum absolute atomic E-state index is 0.0197. The van der Waals surface area contributed by atoms with Gasteiger partial charge in [0.15, 0.2) is 0 Å². The van der Waals surface area contributed by atoms with Crippen LogP contribution in [-0.2, 0) is 9.59 Å². The number of carbonyl (C=O) groups is 2. The summed E-state index contributed by atoms with van der Waals surface area (Å²) in [4.78, 5) is 26.9. The fraction of sp³-hybridized carbons (Fsp3) is 0.875. The predicted molar refractivity (Wildman–Crippen MR) is 81.4 cm³/mol. The van der Waals surface area contributed by atoms with Crippen molar-refractivity contribution in [3.8, 4) is 0 Å². The lowest BCUT2D eigenvalue weighted by atomic mass is 9.86. The van der Waals surface area contributed by atoms with Gasteiger partial charge in [-0.3, -0.25) is 9.59 Å². The van der Waals surface area contributed by atoms with Crippen LogP contribution in [0.5, 0.6) is 0 Å². The highest BCUT2D eigenvalue weighted by molar-refractivity contribution is 5.99. The summed E-state index contributed by atoms with van der Waals surface area (Å²) in [6.45, 7) is 8.81. The molecule has 1 aliphatic rings. The number of unbranched alkanes of at least 4 members (excludes halogenated alkanes) is 3. The zero-order chi connectivity index (χ0) is 15.2. The molecule has 0 aromatic heterocycles. The zero-order valence-corrected chi connectivity index (χ0v) is 13.5. The minimum Gasteiger partial charge on any atom is -0.340 e. The van der Waals surface area contributed by atoms with Gasteiger partial charge in [0.05, 0.1) is 0 Å². The molecular weight excluding hydrogens is 252 g/mol. The number of nitrogens with one attached hydrogen (secondary N) is 1. The molecule has 0 bridgehead atoms. The van der Waals surface area contributed by atoms with Crippen LogP contribution in [0.1, 0.15) is 72.6 Å². The summed E-state index contributed by atoms with van der Waals surface area (Å²) >= 11 is 0. The van der Waals surface area contributed by atoms with E-state index in [2.05, 4.69) is 12.2 Å². The fourth-order valence-electron chi connectivity index (χ4n) is 3.03. The highest BCUT2D eigenvalue weighted by atomic mass is 16.2. The van der Waals surface area contributed by atoms with E-state index in [-0.39, 0.29) is 17.9 Å². The standard InChI is InChI=1S/C16H30N2O2/c1-5-9-10-11-12-18-13(6-2)14(19)17-16(7-3,8-4)15(18)20/h13H,5-12H2,1-4H3,(H,17,19). The maximum absolute atomic E-state index is 12.8. The molecule has 1 atom stereocenters. The van der Waals surface area contributed by atoms with Gasteiger partial charge in [0.2, 0.25) is 11.8 Å². The van der Waals surface area contributed by atoms with E-state index in [0.717, 1.165) is 12.8 Å². The van der Waals surface area contributed by atoms with E-state index >= 15 is 0 Å². The van der Waals surface area contributed by atoms with Crippen LogP contribution in [0.2, 0.25) is 0 Å². The van der Waals surface area contributed by atoms with Crippen LogP contribution in [0.25, 0.3) is 0 Å². The van der Waals surface area contributed by atoms with Gasteiger partial charge in [-0.2, -0.15) is 0 Å². The molecule has 0 saturated carbocycles. The molecule has 1 fully saturated rings. The van der Waals surface area contributed by atoms with Crippen molar-refractivity contribution in [1.82, 2.24) is 10.2 Å². The molecule has 1 heterocycles. The molecule has 0 aromatic carbocycles. The maximum Gasteiger partial charge on any atom is 0.248 e. The van der Waals surface area contributed by atoms with Crippen LogP contribution >= 0.6 is 0 Å². The van der Waals surface area contributed by atoms with E-state index < -0.39 is 5.54 Å². The number of hydrogen-bond donors (Lipinski definition) is 1. The molecule has 0 aromatic rings. The molecule has 0 spiro atoms. The lowest BCUT2D eigenvalue weighted by Gasteiger charge is -2.45. The second-order valence-electron chi connectivity index (χ2n) is 5.76. The van der Waals surface area contributed by atoms with E-state index in [0.29, 0.717) is 25.8 Å². The van der Waals surface area contributed by atoms with Gasteiger partial charge in [0.1, 0.15) is 11.6 Å². The van der Waals surface area contributed by atoms with Crippen molar-refractivity contribution in [3.63, 3.8) is 0 Å². The lowest BCUT2D eigenvalue weighted by molar-refractivity contribution is -0.155. The number of amides is 2. The molecule has 1 unspecified atom stereocenters. The third-order valence-electron chi connectivity index (χ3n) is 4.56. The number of piperazine rings is 1. The molecule has 2 amide bonds. The summed E-state index contributed by atoms with van der Waals surface area (Å²) in [6.07, 6.45) is 6.51. The number of carbonyl (C=O) groups excluding carboxylic acids is 2. The Morgan fingerprint density at radius 3 is 2.20 bits per heavy atom. The van der Waals surface area contributed by atoms with E-state index in [1.807, 2.05) is 25.7 Å². The van der Waals surface area contributed by atoms with E-state index in [9.17, 15) is 9.59 Å². The Morgan fingerprint density at radius 2 is 1.70 bits per heavy atom. The van der Waals surface area contributed by atoms with Gasteiger partial charge in [-0.05, 0) is 25.7 Å². The highest BCUT2D eigenvalue weighted by Crippen LogP contribution is 2.26. The summed E-state index contributed by atoms with van der Waals surface area (Å²) in [6, 6.07) is -0.282. The third-order valence-corrected chi connectivity index (χ3v) is 4.56. The Bertz CT molecular complexity index is 337. The fourth-order valence-corrected chi connectivity index (χ4v) is 3.03. The molecule has 4 nitrogen and oxygen atoms in total. The van der Waals surface area contributed by atoms with E-state index in [4.69, 9.17) is 0 Å². The molecule has 0 aliphatic carbocycles. The SMILES string of the molecule is CCCCCCN1C(=O)C(CC)(CC)NC(=O)C1CC. The second-order valence-corrected chi connectivity index (χ2v) is 5.76. The van der Waals surface area contributed by atoms with Crippen molar-refractivity contribution in [2.24, 2.45) is 0 Å². The quantitative estimate of drug-likeness (QED) is 0.696. The first-order valence-corrected chi connectivity index (χ1v) is 8.19. The normalized spacial score (nSPS) is 22.0. The number of hydrogen-bond acceptors (Lipinski definition) is 2. The van der Waals surface area contributed by atoms with Crippen LogP contribution in [0.4, 0.5) is 0 Å². The summed E-state index contributed by atoms with van der Waals surface area (Å²) in [7, 11) is 0. The molecule has 4 heteroatoms. The molecule has 1 saturated heterocycles. The maximum atomic E-state index is 12.8. The average molecular weight is 282 g/mol. The summed E-state index contributed by atoms with van der Waals surface area (Å²) in [5.74, 6) is 0.136. The summed E-state index contributed by atoms with van der Waals surface area (Å²) in [5, 5.41) is 2.98. The van der Waals surface area contributed by atoms with E-state index in [1.165, 1.54) is 12.8 Å². The molecule has 1 aliphatic heterocycles. The lowest BCUT2D eigenvalue weighted by Crippen LogP contribution is -2.69. The van der Waals surface area contributed by atoms with Crippen LogP contribution in [0, 0.1) is 0 Å². The Kier molecular flexibility index (Phi) is 6.50. The Labute approximate surface area is 123 Å². The largest absolute Gasteiger partial charge is 0.340 e.